The van der Waals surface area contributed by atoms with Crippen molar-refractivity contribution in [3.8, 4) is 0 Å². The van der Waals surface area contributed by atoms with Crippen molar-refractivity contribution in [3.05, 3.63) is 42.2 Å². The highest BCUT2D eigenvalue weighted by Gasteiger charge is 2.35. The molecule has 4 rings (SSSR count). The summed E-state index contributed by atoms with van der Waals surface area (Å²) in [4.78, 5) is 31.6. The van der Waals surface area contributed by atoms with E-state index in [1.165, 1.54) is 0 Å². The molecule has 1 aromatic heterocycles. The van der Waals surface area contributed by atoms with Gasteiger partial charge in [-0.15, -0.1) is 0 Å². The summed E-state index contributed by atoms with van der Waals surface area (Å²) in [6.07, 6.45) is 1.90. The zero-order valence-electron chi connectivity index (χ0n) is 16.7. The molecule has 1 aromatic carbocycles. The number of hydrogen-bond donors (Lipinski definition) is 1. The van der Waals surface area contributed by atoms with Crippen molar-refractivity contribution in [1.82, 2.24) is 15.0 Å². The van der Waals surface area contributed by atoms with Crippen molar-refractivity contribution in [2.45, 2.75) is 25.8 Å². The molecule has 2 fully saturated rings. The van der Waals surface area contributed by atoms with Gasteiger partial charge in [0.05, 0.1) is 12.6 Å². The molecule has 3 heterocycles. The van der Waals surface area contributed by atoms with E-state index in [-0.39, 0.29) is 17.9 Å². The van der Waals surface area contributed by atoms with Crippen molar-refractivity contribution < 1.29 is 14.1 Å². The molecule has 8 nitrogen and oxygen atoms in total. The standard InChI is InChI=1S/C21H27N5O3/c1-16-14-19(23-29-16)22-20(27)15-24-10-12-25(13-11-24)18-8-5-9-26(21(18)28)17-6-3-2-4-7-17/h2-4,6-7,14,18H,5,8-13,15H2,1H3,(H,22,23,27)/t18-/m0/s1. The van der Waals surface area contributed by atoms with Gasteiger partial charge in [0.2, 0.25) is 11.8 Å². The summed E-state index contributed by atoms with van der Waals surface area (Å²) in [5.74, 6) is 1.20. The second-order valence-electron chi connectivity index (χ2n) is 7.67. The first-order valence-electron chi connectivity index (χ1n) is 10.2. The number of rotatable bonds is 5. The van der Waals surface area contributed by atoms with Crippen LogP contribution >= 0.6 is 0 Å². The molecule has 0 aliphatic carbocycles. The quantitative estimate of drug-likeness (QED) is 0.828. The Bertz CT molecular complexity index is 845. The molecule has 2 aliphatic rings. The third kappa shape index (κ3) is 4.65. The lowest BCUT2D eigenvalue weighted by Crippen LogP contribution is -2.58. The first-order valence-corrected chi connectivity index (χ1v) is 10.2. The van der Waals surface area contributed by atoms with Crippen LogP contribution in [0.4, 0.5) is 11.5 Å². The highest BCUT2D eigenvalue weighted by atomic mass is 16.5. The molecule has 0 bridgehead atoms. The van der Waals surface area contributed by atoms with Gasteiger partial charge in [-0.25, -0.2) is 0 Å². The fourth-order valence-electron chi connectivity index (χ4n) is 4.10. The van der Waals surface area contributed by atoms with E-state index >= 15 is 0 Å². The van der Waals surface area contributed by atoms with Gasteiger partial charge in [-0.2, -0.15) is 0 Å². The smallest absolute Gasteiger partial charge is 0.244 e. The van der Waals surface area contributed by atoms with E-state index in [4.69, 9.17) is 4.52 Å². The monoisotopic (exact) mass is 397 g/mol. The van der Waals surface area contributed by atoms with Crippen LogP contribution in [-0.4, -0.2) is 72.1 Å². The second-order valence-corrected chi connectivity index (χ2v) is 7.67. The average molecular weight is 397 g/mol. The minimum absolute atomic E-state index is 0.0713. The normalized spacial score (nSPS) is 21.3. The molecule has 0 unspecified atom stereocenters. The predicted molar refractivity (Wildman–Crippen MR) is 110 cm³/mol. The number of anilines is 2. The van der Waals surface area contributed by atoms with E-state index in [1.54, 1.807) is 13.0 Å². The minimum Gasteiger partial charge on any atom is -0.360 e. The maximum Gasteiger partial charge on any atom is 0.244 e. The maximum absolute atomic E-state index is 13.1. The van der Waals surface area contributed by atoms with Crippen LogP contribution in [0.1, 0.15) is 18.6 Å². The van der Waals surface area contributed by atoms with Crippen molar-refractivity contribution in [2.75, 3.05) is 49.5 Å². The Morgan fingerprint density at radius 3 is 2.62 bits per heavy atom. The molecular formula is C21H27N5O3. The van der Waals surface area contributed by atoms with Gasteiger partial charge in [-0.05, 0) is 31.9 Å². The van der Waals surface area contributed by atoms with Crippen molar-refractivity contribution in [3.63, 3.8) is 0 Å². The van der Waals surface area contributed by atoms with E-state index in [1.807, 2.05) is 35.2 Å². The molecule has 1 atom stereocenters. The largest absolute Gasteiger partial charge is 0.360 e. The van der Waals surface area contributed by atoms with Gasteiger partial charge in [-0.3, -0.25) is 19.4 Å². The van der Waals surface area contributed by atoms with Crippen molar-refractivity contribution in [2.24, 2.45) is 0 Å². The summed E-state index contributed by atoms with van der Waals surface area (Å²) in [5, 5.41) is 6.54. The number of piperidine rings is 1. The Morgan fingerprint density at radius 1 is 1.17 bits per heavy atom. The van der Waals surface area contributed by atoms with Crippen LogP contribution < -0.4 is 10.2 Å². The Labute approximate surface area is 170 Å². The van der Waals surface area contributed by atoms with Crippen molar-refractivity contribution >= 4 is 23.3 Å². The lowest BCUT2D eigenvalue weighted by Gasteiger charge is -2.42. The Kier molecular flexibility index (Phi) is 5.92. The summed E-state index contributed by atoms with van der Waals surface area (Å²) in [6, 6.07) is 11.5. The number of carbonyl (C=O) groups excluding carboxylic acids is 2. The zero-order valence-corrected chi connectivity index (χ0v) is 16.7. The topological polar surface area (TPSA) is 81.9 Å². The number of benzene rings is 1. The number of hydrogen-bond acceptors (Lipinski definition) is 6. The third-order valence-electron chi connectivity index (χ3n) is 5.59. The fourth-order valence-corrected chi connectivity index (χ4v) is 4.10. The fraction of sp³-hybridized carbons (Fsp3) is 0.476. The number of carbonyl (C=O) groups is 2. The third-order valence-corrected chi connectivity index (χ3v) is 5.59. The lowest BCUT2D eigenvalue weighted by molar-refractivity contribution is -0.127. The molecule has 2 amide bonds. The number of amides is 2. The van der Waals surface area contributed by atoms with Crippen LogP contribution in [0.2, 0.25) is 0 Å². The molecule has 2 aliphatic heterocycles. The minimum atomic E-state index is -0.101. The molecule has 2 aromatic rings. The lowest BCUT2D eigenvalue weighted by atomic mass is 10.0. The van der Waals surface area contributed by atoms with Gasteiger partial charge in [0.25, 0.3) is 0 Å². The summed E-state index contributed by atoms with van der Waals surface area (Å²) >= 11 is 0. The summed E-state index contributed by atoms with van der Waals surface area (Å²) < 4.78 is 4.97. The molecular weight excluding hydrogens is 370 g/mol. The van der Waals surface area contributed by atoms with E-state index in [0.29, 0.717) is 18.1 Å². The van der Waals surface area contributed by atoms with Crippen LogP contribution in [0.15, 0.2) is 40.9 Å². The number of para-hydroxylation sites is 1. The number of aromatic nitrogens is 1. The van der Waals surface area contributed by atoms with Gasteiger partial charge in [0, 0.05) is 44.5 Å². The van der Waals surface area contributed by atoms with Gasteiger partial charge in [0.15, 0.2) is 5.82 Å². The second kappa shape index (κ2) is 8.75. The first kappa shape index (κ1) is 19.6. The summed E-state index contributed by atoms with van der Waals surface area (Å²) in [7, 11) is 0. The summed E-state index contributed by atoms with van der Waals surface area (Å²) in [5.41, 5.74) is 0.973. The van der Waals surface area contributed by atoms with Gasteiger partial charge in [-0.1, -0.05) is 23.4 Å². The van der Waals surface area contributed by atoms with Gasteiger partial charge in [0.1, 0.15) is 5.76 Å². The molecule has 0 spiro atoms. The number of nitrogens with one attached hydrogen (secondary N) is 1. The Hall–Kier alpha value is -2.71. The molecule has 8 heteroatoms. The number of piperazine rings is 1. The molecule has 0 saturated carbocycles. The SMILES string of the molecule is Cc1cc(NC(=O)CN2CCN([C@H]3CCCN(c4ccccc4)C3=O)CC2)no1. The Morgan fingerprint density at radius 2 is 1.93 bits per heavy atom. The van der Waals surface area contributed by atoms with Gasteiger partial charge < -0.3 is 14.7 Å². The number of aryl methyl sites for hydroxylation is 1. The van der Waals surface area contributed by atoms with Gasteiger partial charge >= 0.3 is 0 Å². The van der Waals surface area contributed by atoms with Crippen LogP contribution in [0.25, 0.3) is 0 Å². The highest BCUT2D eigenvalue weighted by molar-refractivity contribution is 5.98. The molecule has 29 heavy (non-hydrogen) atoms. The first-order chi connectivity index (χ1) is 14.1. The molecule has 0 radical (unpaired) electrons. The molecule has 1 N–H and O–H groups in total. The van der Waals surface area contributed by atoms with Crippen LogP contribution in [0, 0.1) is 6.92 Å². The van der Waals surface area contributed by atoms with E-state index in [0.717, 1.165) is 51.3 Å². The summed E-state index contributed by atoms with van der Waals surface area (Å²) in [6.45, 7) is 5.98. The zero-order chi connectivity index (χ0) is 20.2. The molecule has 154 valence electrons. The molecule has 2 saturated heterocycles. The van der Waals surface area contributed by atoms with E-state index in [9.17, 15) is 9.59 Å². The predicted octanol–water partition coefficient (Wildman–Crippen LogP) is 1.73. The van der Waals surface area contributed by atoms with Crippen molar-refractivity contribution in [1.29, 1.82) is 0 Å². The maximum atomic E-state index is 13.1. The highest BCUT2D eigenvalue weighted by Crippen LogP contribution is 2.24. The van der Waals surface area contributed by atoms with Crippen LogP contribution in [-0.2, 0) is 9.59 Å². The number of nitrogens with zero attached hydrogens (tertiary/aromatic N) is 4. The Balaban J connectivity index is 1.28. The van der Waals surface area contributed by atoms with Crippen LogP contribution in [0.3, 0.4) is 0 Å². The van der Waals surface area contributed by atoms with E-state index in [2.05, 4.69) is 20.3 Å². The average Bonchev–Trinajstić information content (AvgIpc) is 3.14. The van der Waals surface area contributed by atoms with Crippen LogP contribution in [0.5, 0.6) is 0 Å². The van der Waals surface area contributed by atoms with E-state index < -0.39 is 0 Å².